The van der Waals surface area contributed by atoms with Crippen molar-refractivity contribution in [3.8, 4) is 5.75 Å². The molecule has 25 heavy (non-hydrogen) atoms. The normalized spacial score (nSPS) is 13.0. The number of urea groups is 1. The van der Waals surface area contributed by atoms with Gasteiger partial charge in [-0.25, -0.2) is 4.79 Å². The summed E-state index contributed by atoms with van der Waals surface area (Å²) in [6, 6.07) is 9.62. The van der Waals surface area contributed by atoms with Gasteiger partial charge in [-0.3, -0.25) is 4.98 Å². The fourth-order valence-electron chi connectivity index (χ4n) is 3.02. The van der Waals surface area contributed by atoms with E-state index in [1.54, 1.807) is 24.4 Å². The third-order valence-electron chi connectivity index (χ3n) is 4.46. The van der Waals surface area contributed by atoms with Crippen molar-refractivity contribution < 1.29 is 9.53 Å². The van der Waals surface area contributed by atoms with E-state index in [4.69, 9.17) is 4.74 Å². The molecule has 2 rings (SSSR count). The van der Waals surface area contributed by atoms with E-state index in [-0.39, 0.29) is 18.1 Å². The summed E-state index contributed by atoms with van der Waals surface area (Å²) in [5.41, 5.74) is 3.19. The lowest BCUT2D eigenvalue weighted by Crippen LogP contribution is -2.40. The molecule has 0 aliphatic heterocycles. The van der Waals surface area contributed by atoms with Gasteiger partial charge in [0.05, 0.1) is 19.2 Å². The van der Waals surface area contributed by atoms with Crippen LogP contribution in [0.3, 0.4) is 0 Å². The van der Waals surface area contributed by atoms with E-state index in [0.717, 1.165) is 28.9 Å². The number of methoxy groups -OCH3 is 1. The van der Waals surface area contributed by atoms with E-state index in [1.807, 2.05) is 51.2 Å². The number of amides is 2. The van der Waals surface area contributed by atoms with Gasteiger partial charge in [-0.1, -0.05) is 24.6 Å². The predicted molar refractivity (Wildman–Crippen MR) is 99.7 cm³/mol. The van der Waals surface area contributed by atoms with Crippen LogP contribution in [0, 0.1) is 6.92 Å². The van der Waals surface area contributed by atoms with Crippen LogP contribution in [0.1, 0.15) is 49.0 Å². The van der Waals surface area contributed by atoms with Crippen molar-refractivity contribution in [2.45, 2.75) is 39.3 Å². The summed E-state index contributed by atoms with van der Waals surface area (Å²) >= 11 is 0. The number of carbonyl (C=O) groups excluding carboxylic acids is 1. The Morgan fingerprint density at radius 1 is 1.28 bits per heavy atom. The maximum atomic E-state index is 12.7. The first-order valence-corrected chi connectivity index (χ1v) is 8.55. The number of carbonyl (C=O) groups is 1. The maximum Gasteiger partial charge on any atom is 0.318 e. The molecule has 0 saturated carbocycles. The summed E-state index contributed by atoms with van der Waals surface area (Å²) < 4.78 is 5.43. The summed E-state index contributed by atoms with van der Waals surface area (Å²) in [4.78, 5) is 18.5. The zero-order chi connectivity index (χ0) is 18.4. The molecule has 0 saturated heterocycles. The molecule has 0 bridgehead atoms. The molecule has 0 radical (unpaired) electrons. The van der Waals surface area contributed by atoms with Crippen molar-refractivity contribution in [1.82, 2.24) is 15.2 Å². The minimum absolute atomic E-state index is 0.00889. The van der Waals surface area contributed by atoms with Crippen LogP contribution in [-0.2, 0) is 0 Å². The van der Waals surface area contributed by atoms with E-state index in [1.165, 1.54) is 0 Å². The molecule has 2 amide bonds. The van der Waals surface area contributed by atoms with Gasteiger partial charge in [-0.05, 0) is 44.0 Å². The lowest BCUT2D eigenvalue weighted by atomic mass is 10.0. The third kappa shape index (κ3) is 4.50. The molecule has 0 fully saturated rings. The summed E-state index contributed by atoms with van der Waals surface area (Å²) in [5, 5.41) is 3.07. The van der Waals surface area contributed by atoms with Gasteiger partial charge in [0.1, 0.15) is 5.75 Å². The van der Waals surface area contributed by atoms with E-state index >= 15 is 0 Å². The highest BCUT2D eigenvalue weighted by molar-refractivity contribution is 5.75. The highest BCUT2D eigenvalue weighted by atomic mass is 16.5. The molecule has 5 heteroatoms. The number of ether oxygens (including phenoxy) is 1. The molecule has 0 spiro atoms. The number of benzene rings is 1. The van der Waals surface area contributed by atoms with Crippen LogP contribution in [0.2, 0.25) is 0 Å². The maximum absolute atomic E-state index is 12.7. The van der Waals surface area contributed by atoms with Crippen LogP contribution in [-0.4, -0.2) is 30.1 Å². The van der Waals surface area contributed by atoms with E-state index in [9.17, 15) is 4.79 Å². The Balaban J connectivity index is 2.14. The van der Waals surface area contributed by atoms with Crippen molar-refractivity contribution in [1.29, 1.82) is 0 Å². The quantitative estimate of drug-likeness (QED) is 0.854. The molecule has 2 atom stereocenters. The van der Waals surface area contributed by atoms with Crippen LogP contribution in [0.25, 0.3) is 0 Å². The van der Waals surface area contributed by atoms with Gasteiger partial charge in [-0.2, -0.15) is 0 Å². The average Bonchev–Trinajstić information content (AvgIpc) is 2.63. The topological polar surface area (TPSA) is 54.5 Å². The molecule has 2 aromatic rings. The fourth-order valence-corrected chi connectivity index (χ4v) is 3.02. The Morgan fingerprint density at radius 3 is 2.56 bits per heavy atom. The number of rotatable bonds is 6. The van der Waals surface area contributed by atoms with E-state index < -0.39 is 0 Å². The number of nitrogens with zero attached hydrogens (tertiary/aromatic N) is 2. The van der Waals surface area contributed by atoms with Gasteiger partial charge >= 0.3 is 6.03 Å². The first-order chi connectivity index (χ1) is 12.0. The summed E-state index contributed by atoms with van der Waals surface area (Å²) in [6.07, 6.45) is 4.34. The second-order valence-corrected chi connectivity index (χ2v) is 6.23. The number of aryl methyl sites for hydroxylation is 1. The highest BCUT2D eigenvalue weighted by Gasteiger charge is 2.22. The van der Waals surface area contributed by atoms with Crippen LogP contribution in [0.15, 0.2) is 42.7 Å². The molecule has 1 aromatic carbocycles. The summed E-state index contributed by atoms with van der Waals surface area (Å²) in [6.45, 7) is 6.07. The molecule has 2 unspecified atom stereocenters. The Bertz CT molecular complexity index is 703. The Morgan fingerprint density at radius 2 is 1.96 bits per heavy atom. The Hall–Kier alpha value is -2.56. The minimum Gasteiger partial charge on any atom is -0.496 e. The lowest BCUT2D eigenvalue weighted by Gasteiger charge is -2.29. The van der Waals surface area contributed by atoms with Crippen molar-refractivity contribution in [3.05, 3.63) is 59.4 Å². The molecule has 0 aliphatic rings. The summed E-state index contributed by atoms with van der Waals surface area (Å²) in [5.74, 6) is 0.780. The van der Waals surface area contributed by atoms with Crippen molar-refractivity contribution in [2.75, 3.05) is 14.2 Å². The second-order valence-electron chi connectivity index (χ2n) is 6.23. The molecule has 1 N–H and O–H groups in total. The summed E-state index contributed by atoms with van der Waals surface area (Å²) in [7, 11) is 3.47. The first-order valence-electron chi connectivity index (χ1n) is 8.55. The van der Waals surface area contributed by atoms with E-state index in [0.29, 0.717) is 0 Å². The van der Waals surface area contributed by atoms with Gasteiger partial charge < -0.3 is 15.0 Å². The van der Waals surface area contributed by atoms with Gasteiger partial charge in [0, 0.05) is 25.0 Å². The average molecular weight is 341 g/mol. The smallest absolute Gasteiger partial charge is 0.318 e. The van der Waals surface area contributed by atoms with Crippen LogP contribution in [0.4, 0.5) is 4.79 Å². The minimum atomic E-state index is -0.153. The van der Waals surface area contributed by atoms with Gasteiger partial charge in [0.15, 0.2) is 0 Å². The second kappa shape index (κ2) is 8.51. The monoisotopic (exact) mass is 341 g/mol. The number of hydrogen-bond donors (Lipinski definition) is 1. The van der Waals surface area contributed by atoms with Crippen LogP contribution >= 0.6 is 0 Å². The number of aromatic nitrogens is 1. The third-order valence-corrected chi connectivity index (χ3v) is 4.46. The van der Waals surface area contributed by atoms with Crippen molar-refractivity contribution in [3.63, 3.8) is 0 Å². The SMILES string of the molecule is CCC(c1ccncc1)N(C)C(=O)NC(C)c1cc(C)ccc1OC. The van der Waals surface area contributed by atoms with E-state index in [2.05, 4.69) is 17.2 Å². The molecule has 1 heterocycles. The van der Waals surface area contributed by atoms with Crippen LogP contribution in [0.5, 0.6) is 5.75 Å². The Labute approximate surface area is 150 Å². The van der Waals surface area contributed by atoms with Crippen LogP contribution < -0.4 is 10.1 Å². The largest absolute Gasteiger partial charge is 0.496 e. The van der Waals surface area contributed by atoms with Crippen molar-refractivity contribution >= 4 is 6.03 Å². The Kier molecular flexibility index (Phi) is 6.39. The lowest BCUT2D eigenvalue weighted by molar-refractivity contribution is 0.185. The molecule has 134 valence electrons. The zero-order valence-corrected chi connectivity index (χ0v) is 15.6. The highest BCUT2D eigenvalue weighted by Crippen LogP contribution is 2.27. The molecule has 5 nitrogen and oxygen atoms in total. The predicted octanol–water partition coefficient (Wildman–Crippen LogP) is 4.25. The fraction of sp³-hybridized carbons (Fsp3) is 0.400. The van der Waals surface area contributed by atoms with Gasteiger partial charge in [0.2, 0.25) is 0 Å². The molecular weight excluding hydrogens is 314 g/mol. The van der Waals surface area contributed by atoms with Gasteiger partial charge in [0.25, 0.3) is 0 Å². The van der Waals surface area contributed by atoms with Gasteiger partial charge in [-0.15, -0.1) is 0 Å². The standard InChI is InChI=1S/C20H27N3O2/c1-6-18(16-9-11-21-12-10-16)23(4)20(24)22-15(3)17-13-14(2)7-8-19(17)25-5/h7-13,15,18H,6H2,1-5H3,(H,22,24). The number of nitrogens with one attached hydrogen (secondary N) is 1. The number of pyridine rings is 1. The van der Waals surface area contributed by atoms with Crippen molar-refractivity contribution in [2.24, 2.45) is 0 Å². The first kappa shape index (κ1) is 18.8. The number of hydrogen-bond acceptors (Lipinski definition) is 3. The molecule has 1 aromatic heterocycles. The molecule has 0 aliphatic carbocycles. The molecular formula is C20H27N3O2. The zero-order valence-electron chi connectivity index (χ0n) is 15.6.